The number of nitrogens with two attached hydrogens (primary N) is 1. The van der Waals surface area contributed by atoms with Crippen LogP contribution >= 0.6 is 0 Å². The van der Waals surface area contributed by atoms with Gasteiger partial charge in [0.15, 0.2) is 5.84 Å². The molecule has 132 valence electrons. The molecule has 4 rings (SSSR count). The molecule has 26 heavy (non-hydrogen) atoms. The van der Waals surface area contributed by atoms with Gasteiger partial charge in [0, 0.05) is 24.2 Å². The van der Waals surface area contributed by atoms with Crippen LogP contribution in [0.15, 0.2) is 65.8 Å². The van der Waals surface area contributed by atoms with E-state index in [0.29, 0.717) is 0 Å². The molecule has 2 aliphatic rings. The third-order valence-corrected chi connectivity index (χ3v) is 5.80. The summed E-state index contributed by atoms with van der Waals surface area (Å²) in [4.78, 5) is 31.0. The summed E-state index contributed by atoms with van der Waals surface area (Å²) in [5.41, 5.74) is 6.91. The van der Waals surface area contributed by atoms with E-state index in [1.54, 1.807) is 0 Å². The molecule has 4 atom stereocenters. The number of rotatable bonds is 2. The molecule has 5 heteroatoms. The van der Waals surface area contributed by atoms with Crippen molar-refractivity contribution in [3.63, 3.8) is 0 Å². The highest BCUT2D eigenvalue weighted by Crippen LogP contribution is 2.58. The summed E-state index contributed by atoms with van der Waals surface area (Å²) in [6.07, 6.45) is 0.236. The minimum absolute atomic E-state index is 0.117. The first-order valence-electron chi connectivity index (χ1n) is 8.74. The van der Waals surface area contributed by atoms with Crippen molar-refractivity contribution in [2.75, 3.05) is 0 Å². The van der Waals surface area contributed by atoms with Gasteiger partial charge in [0.05, 0.1) is 0 Å². The van der Waals surface area contributed by atoms with Crippen molar-refractivity contribution >= 4 is 17.6 Å². The largest absolute Gasteiger partial charge is 0.383 e. The van der Waals surface area contributed by atoms with E-state index in [1.165, 1.54) is 0 Å². The fourth-order valence-electron chi connectivity index (χ4n) is 4.58. The first-order chi connectivity index (χ1) is 12.6. The lowest BCUT2D eigenvalue weighted by Gasteiger charge is -2.46. The topological polar surface area (TPSA) is 81.8 Å². The SMILES string of the molecule is C[C@H]1C(=O)CC(c2ccccc2)C2(C(=O)ON=C2N)[C@@H]1c1ccccc1. The zero-order valence-electron chi connectivity index (χ0n) is 14.5. The maximum absolute atomic E-state index is 13.1. The van der Waals surface area contributed by atoms with Gasteiger partial charge in [0.25, 0.3) is 0 Å². The molecule has 1 heterocycles. The lowest BCUT2D eigenvalue weighted by molar-refractivity contribution is -0.153. The van der Waals surface area contributed by atoms with Crippen molar-refractivity contribution in [2.24, 2.45) is 22.2 Å². The lowest BCUT2D eigenvalue weighted by atomic mass is 9.52. The highest BCUT2D eigenvalue weighted by Gasteiger charge is 2.65. The van der Waals surface area contributed by atoms with Crippen LogP contribution in [0.2, 0.25) is 0 Å². The summed E-state index contributed by atoms with van der Waals surface area (Å²) >= 11 is 0. The number of hydrogen-bond donors (Lipinski definition) is 1. The van der Waals surface area contributed by atoms with Crippen molar-refractivity contribution in [3.8, 4) is 0 Å². The molecule has 1 saturated carbocycles. The average molecular weight is 348 g/mol. The fourth-order valence-corrected chi connectivity index (χ4v) is 4.58. The van der Waals surface area contributed by atoms with Crippen LogP contribution in [0.1, 0.15) is 36.3 Å². The standard InChI is InChI=1S/C21H20N2O3/c1-13-17(24)12-16(14-8-4-2-5-9-14)21(19(22)23-26-20(21)25)18(13)15-10-6-3-7-11-15/h2-11,13,16,18H,12H2,1H3,(H2,22,23)/t13-,16?,18-,21?/m0/s1. The molecular weight excluding hydrogens is 328 g/mol. The number of ketones is 1. The minimum Gasteiger partial charge on any atom is -0.383 e. The normalized spacial score (nSPS) is 31.0. The number of carbonyl (C=O) groups excluding carboxylic acids is 2. The molecule has 5 nitrogen and oxygen atoms in total. The lowest BCUT2D eigenvalue weighted by Crippen LogP contribution is -2.55. The summed E-state index contributed by atoms with van der Waals surface area (Å²) in [6.45, 7) is 1.86. The highest BCUT2D eigenvalue weighted by molar-refractivity contribution is 6.11. The van der Waals surface area contributed by atoms with Gasteiger partial charge in [0.1, 0.15) is 11.2 Å². The molecule has 0 bridgehead atoms. The molecule has 1 spiro atoms. The molecule has 1 aliphatic carbocycles. The summed E-state index contributed by atoms with van der Waals surface area (Å²) in [5.74, 6) is -1.39. The van der Waals surface area contributed by atoms with Crippen molar-refractivity contribution < 1.29 is 14.4 Å². The van der Waals surface area contributed by atoms with Crippen LogP contribution in [-0.4, -0.2) is 17.6 Å². The zero-order chi connectivity index (χ0) is 18.3. The number of benzene rings is 2. The van der Waals surface area contributed by atoms with E-state index in [2.05, 4.69) is 5.16 Å². The van der Waals surface area contributed by atoms with Gasteiger partial charge in [0.2, 0.25) is 0 Å². The molecule has 1 fully saturated rings. The predicted octanol–water partition coefficient (Wildman–Crippen LogP) is 2.98. The Morgan fingerprint density at radius 3 is 2.12 bits per heavy atom. The van der Waals surface area contributed by atoms with Crippen LogP contribution < -0.4 is 5.73 Å². The maximum atomic E-state index is 13.1. The van der Waals surface area contributed by atoms with Crippen LogP contribution in [0.25, 0.3) is 0 Å². The van der Waals surface area contributed by atoms with Crippen LogP contribution in [0.3, 0.4) is 0 Å². The van der Waals surface area contributed by atoms with Crippen molar-refractivity contribution in [2.45, 2.75) is 25.2 Å². The van der Waals surface area contributed by atoms with Gasteiger partial charge in [-0.15, -0.1) is 0 Å². The smallest absolute Gasteiger partial charge is 0.350 e. The van der Waals surface area contributed by atoms with E-state index in [-0.39, 0.29) is 24.0 Å². The molecule has 2 unspecified atom stereocenters. The van der Waals surface area contributed by atoms with Crippen LogP contribution in [-0.2, 0) is 14.4 Å². The maximum Gasteiger partial charge on any atom is 0.350 e. The van der Waals surface area contributed by atoms with Gasteiger partial charge >= 0.3 is 5.97 Å². The number of hydrogen-bond acceptors (Lipinski definition) is 5. The molecule has 2 aromatic carbocycles. The number of carbonyl (C=O) groups is 2. The first-order valence-corrected chi connectivity index (χ1v) is 8.74. The van der Waals surface area contributed by atoms with E-state index in [4.69, 9.17) is 10.6 Å². The van der Waals surface area contributed by atoms with Gasteiger partial charge in [-0.3, -0.25) is 4.79 Å². The first kappa shape index (κ1) is 16.5. The molecule has 0 radical (unpaired) electrons. The summed E-state index contributed by atoms with van der Waals surface area (Å²) in [5, 5.41) is 3.84. The van der Waals surface area contributed by atoms with Crippen LogP contribution in [0, 0.1) is 11.3 Å². The summed E-state index contributed by atoms with van der Waals surface area (Å²) in [7, 11) is 0. The van der Waals surface area contributed by atoms with Crippen LogP contribution in [0.5, 0.6) is 0 Å². The quantitative estimate of drug-likeness (QED) is 0.846. The average Bonchev–Trinajstić information content (AvgIpc) is 2.96. The molecule has 2 N–H and O–H groups in total. The molecule has 0 saturated heterocycles. The number of Topliss-reactive ketones (excluding diaryl/α,β-unsaturated/α-hetero) is 1. The van der Waals surface area contributed by atoms with Gasteiger partial charge in [-0.1, -0.05) is 72.7 Å². The van der Waals surface area contributed by atoms with Crippen molar-refractivity contribution in [1.29, 1.82) is 0 Å². The highest BCUT2D eigenvalue weighted by atomic mass is 16.7. The monoisotopic (exact) mass is 348 g/mol. The molecule has 0 amide bonds. The van der Waals surface area contributed by atoms with E-state index in [9.17, 15) is 9.59 Å². The van der Waals surface area contributed by atoms with Gasteiger partial charge in [-0.25, -0.2) is 4.79 Å². The second-order valence-electron chi connectivity index (χ2n) is 7.04. The Kier molecular flexibility index (Phi) is 3.87. The molecule has 0 aromatic heterocycles. The van der Waals surface area contributed by atoms with Gasteiger partial charge < -0.3 is 10.6 Å². The number of amidine groups is 1. The van der Waals surface area contributed by atoms with E-state index >= 15 is 0 Å². The summed E-state index contributed by atoms with van der Waals surface area (Å²) < 4.78 is 0. The number of oxime groups is 1. The minimum atomic E-state index is -1.17. The van der Waals surface area contributed by atoms with Crippen molar-refractivity contribution in [3.05, 3.63) is 71.8 Å². The van der Waals surface area contributed by atoms with Gasteiger partial charge in [-0.05, 0) is 11.1 Å². The third kappa shape index (κ3) is 2.20. The van der Waals surface area contributed by atoms with Crippen molar-refractivity contribution in [1.82, 2.24) is 0 Å². The van der Waals surface area contributed by atoms with Gasteiger partial charge in [-0.2, -0.15) is 0 Å². The Morgan fingerprint density at radius 1 is 1.00 bits per heavy atom. The Labute approximate surface area is 151 Å². The van der Waals surface area contributed by atoms with E-state index in [1.807, 2.05) is 67.6 Å². The second-order valence-corrected chi connectivity index (χ2v) is 7.04. The predicted molar refractivity (Wildman–Crippen MR) is 97.3 cm³/mol. The zero-order valence-corrected chi connectivity index (χ0v) is 14.5. The Bertz CT molecular complexity index is 879. The fraction of sp³-hybridized carbons (Fsp3) is 0.286. The molecular formula is C21H20N2O3. The Balaban J connectivity index is 1.97. The van der Waals surface area contributed by atoms with E-state index < -0.39 is 23.2 Å². The van der Waals surface area contributed by atoms with E-state index in [0.717, 1.165) is 11.1 Å². The Morgan fingerprint density at radius 2 is 1.58 bits per heavy atom. The number of nitrogens with zero attached hydrogens (tertiary/aromatic N) is 1. The third-order valence-electron chi connectivity index (χ3n) is 5.80. The molecule has 1 aliphatic heterocycles. The second kappa shape index (κ2) is 6.09. The molecule has 2 aromatic rings. The Hall–Kier alpha value is -2.95. The summed E-state index contributed by atoms with van der Waals surface area (Å²) in [6, 6.07) is 19.1. The van der Waals surface area contributed by atoms with Crippen LogP contribution in [0.4, 0.5) is 0 Å².